The first-order valence-electron chi connectivity index (χ1n) is 14.1. The number of hydrogen-bond acceptors (Lipinski definition) is 5. The van der Waals surface area contributed by atoms with Crippen LogP contribution in [0.1, 0.15) is 77.6 Å². The summed E-state index contributed by atoms with van der Waals surface area (Å²) in [7, 11) is 0. The number of ether oxygens (including phenoxy) is 1. The average Bonchev–Trinajstić information content (AvgIpc) is 3.45. The molecule has 2 aromatic rings. The minimum absolute atomic E-state index is 0.0491. The maximum atomic E-state index is 14.1. The van der Waals surface area contributed by atoms with Crippen LogP contribution in [0.2, 0.25) is 0 Å². The Morgan fingerprint density at radius 1 is 0.897 bits per heavy atom. The molecule has 0 aromatic heterocycles. The van der Waals surface area contributed by atoms with Crippen LogP contribution in [0.3, 0.4) is 0 Å². The molecule has 2 N–H and O–H groups in total. The van der Waals surface area contributed by atoms with Crippen LogP contribution < -0.4 is 15.4 Å². The van der Waals surface area contributed by atoms with Crippen molar-refractivity contribution in [3.05, 3.63) is 58.9 Å². The van der Waals surface area contributed by atoms with Crippen LogP contribution in [0.5, 0.6) is 5.75 Å². The summed E-state index contributed by atoms with van der Waals surface area (Å²) in [6.45, 7) is 4.62. The summed E-state index contributed by atoms with van der Waals surface area (Å²) in [5.74, 6) is -0.00498. The Hall–Kier alpha value is -3.46. The molecule has 1 aliphatic carbocycles. The smallest absolute Gasteiger partial charge is 0.254 e. The molecule has 2 aromatic carbocycles. The first-order valence-corrected chi connectivity index (χ1v) is 14.1. The van der Waals surface area contributed by atoms with E-state index in [1.165, 1.54) is 44.4 Å². The van der Waals surface area contributed by atoms with Crippen LogP contribution in [-0.4, -0.2) is 72.9 Å². The lowest BCUT2D eigenvalue weighted by Crippen LogP contribution is -2.50. The number of hydrogen-bond donors (Lipinski definition) is 2. The Labute approximate surface area is 228 Å². The summed E-state index contributed by atoms with van der Waals surface area (Å²) in [6.07, 6.45) is 7.01. The fraction of sp³-hybridized carbons (Fsp3) is 0.500. The van der Waals surface area contributed by atoms with Gasteiger partial charge in [-0.05, 0) is 73.7 Å². The van der Waals surface area contributed by atoms with Gasteiger partial charge >= 0.3 is 0 Å². The summed E-state index contributed by atoms with van der Waals surface area (Å²) in [5.41, 5.74) is 2.20. The molecule has 1 atom stereocenters. The van der Waals surface area contributed by atoms with Gasteiger partial charge in [0.2, 0.25) is 5.91 Å². The maximum absolute atomic E-state index is 14.1. The molecule has 2 aliphatic heterocycles. The highest BCUT2D eigenvalue weighted by Crippen LogP contribution is 2.39. The summed E-state index contributed by atoms with van der Waals surface area (Å²) in [4.78, 5) is 41.3. The highest BCUT2D eigenvalue weighted by atomic mass is 19.1. The standard InChI is InChI=1S/C30H37FN4O4/c1-20(36)33-25-16-23(15-24(31)18-25)30(38)35-13-11-34(12-14-35)29(37)22-7-8-28(39-26-9-10-32-19-26)27(17-22)21-5-3-2-4-6-21/h7-8,15-18,21,26,32H,2-6,9-14,19H2,1H3,(H,33,36). The third-order valence-electron chi connectivity index (χ3n) is 7.93. The lowest BCUT2D eigenvalue weighted by atomic mass is 9.83. The molecule has 3 aliphatic rings. The third kappa shape index (κ3) is 6.58. The zero-order valence-corrected chi connectivity index (χ0v) is 22.5. The second kappa shape index (κ2) is 12.2. The van der Waals surface area contributed by atoms with Gasteiger partial charge in [0.25, 0.3) is 11.8 Å². The van der Waals surface area contributed by atoms with E-state index in [9.17, 15) is 18.8 Å². The monoisotopic (exact) mass is 536 g/mol. The molecule has 0 spiro atoms. The van der Waals surface area contributed by atoms with Gasteiger partial charge in [-0.1, -0.05) is 19.3 Å². The Morgan fingerprint density at radius 2 is 1.59 bits per heavy atom. The van der Waals surface area contributed by atoms with Gasteiger partial charge in [-0.3, -0.25) is 14.4 Å². The number of nitrogens with zero attached hydrogens (tertiary/aromatic N) is 2. The Morgan fingerprint density at radius 3 is 2.23 bits per heavy atom. The fourth-order valence-corrected chi connectivity index (χ4v) is 5.90. The third-order valence-corrected chi connectivity index (χ3v) is 7.93. The van der Waals surface area contributed by atoms with Gasteiger partial charge in [-0.25, -0.2) is 4.39 Å². The molecule has 3 fully saturated rings. The minimum atomic E-state index is -0.594. The predicted molar refractivity (Wildman–Crippen MR) is 147 cm³/mol. The Balaban J connectivity index is 1.26. The predicted octanol–water partition coefficient (Wildman–Crippen LogP) is 4.17. The number of rotatable bonds is 6. The van der Waals surface area contributed by atoms with Gasteiger partial charge in [-0.2, -0.15) is 0 Å². The summed E-state index contributed by atoms with van der Waals surface area (Å²) < 4.78 is 20.5. The van der Waals surface area contributed by atoms with E-state index in [4.69, 9.17) is 4.74 Å². The largest absolute Gasteiger partial charge is 0.489 e. The van der Waals surface area contributed by atoms with Crippen molar-refractivity contribution in [1.82, 2.24) is 15.1 Å². The van der Waals surface area contributed by atoms with E-state index in [-0.39, 0.29) is 35.1 Å². The molecule has 3 amide bonds. The van der Waals surface area contributed by atoms with E-state index in [1.807, 2.05) is 18.2 Å². The fourth-order valence-electron chi connectivity index (χ4n) is 5.90. The number of amides is 3. The number of carbonyl (C=O) groups excluding carboxylic acids is 3. The van der Waals surface area contributed by atoms with Gasteiger partial charge in [0.05, 0.1) is 0 Å². The highest BCUT2D eigenvalue weighted by Gasteiger charge is 2.28. The molecule has 0 bridgehead atoms. The Kier molecular flexibility index (Phi) is 8.45. The number of halogens is 1. The summed E-state index contributed by atoms with van der Waals surface area (Å²) >= 11 is 0. The van der Waals surface area contributed by atoms with Crippen LogP contribution >= 0.6 is 0 Å². The van der Waals surface area contributed by atoms with Crippen LogP contribution in [0.15, 0.2) is 36.4 Å². The number of anilines is 1. The normalized spacial score (nSPS) is 20.1. The SMILES string of the molecule is CC(=O)Nc1cc(F)cc(C(=O)N2CCN(C(=O)c3ccc(OC4CCNC4)c(C4CCCCC4)c3)CC2)c1. The topological polar surface area (TPSA) is 91.0 Å². The zero-order chi connectivity index (χ0) is 27.4. The lowest BCUT2D eigenvalue weighted by molar-refractivity contribution is -0.114. The van der Waals surface area contributed by atoms with Crippen molar-refractivity contribution in [2.45, 2.75) is 57.5 Å². The Bertz CT molecular complexity index is 1220. The second-order valence-electron chi connectivity index (χ2n) is 10.8. The van der Waals surface area contributed by atoms with E-state index in [0.717, 1.165) is 43.7 Å². The van der Waals surface area contributed by atoms with Crippen molar-refractivity contribution >= 4 is 23.4 Å². The number of piperazine rings is 1. The molecule has 0 radical (unpaired) electrons. The first kappa shape index (κ1) is 27.1. The quantitative estimate of drug-likeness (QED) is 0.578. The first-order chi connectivity index (χ1) is 18.9. The zero-order valence-electron chi connectivity index (χ0n) is 22.5. The van der Waals surface area contributed by atoms with Gasteiger partial charge in [0.15, 0.2) is 0 Å². The average molecular weight is 537 g/mol. The van der Waals surface area contributed by atoms with Crippen LogP contribution in [-0.2, 0) is 4.79 Å². The van der Waals surface area contributed by atoms with Gasteiger partial charge in [0, 0.05) is 56.5 Å². The van der Waals surface area contributed by atoms with E-state index < -0.39 is 5.82 Å². The van der Waals surface area contributed by atoms with Gasteiger partial charge in [0.1, 0.15) is 17.7 Å². The summed E-state index contributed by atoms with van der Waals surface area (Å²) in [5, 5.41) is 5.87. The molecule has 1 unspecified atom stereocenters. The molecule has 39 heavy (non-hydrogen) atoms. The lowest BCUT2D eigenvalue weighted by Gasteiger charge is -2.35. The van der Waals surface area contributed by atoms with Crippen molar-refractivity contribution in [3.8, 4) is 5.75 Å². The van der Waals surface area contributed by atoms with Crippen LogP contribution in [0.4, 0.5) is 10.1 Å². The van der Waals surface area contributed by atoms with Crippen LogP contribution in [0, 0.1) is 5.82 Å². The van der Waals surface area contributed by atoms with Crippen molar-refractivity contribution in [3.63, 3.8) is 0 Å². The highest BCUT2D eigenvalue weighted by molar-refractivity contribution is 5.98. The van der Waals surface area contributed by atoms with Crippen molar-refractivity contribution in [1.29, 1.82) is 0 Å². The molecule has 8 nitrogen and oxygen atoms in total. The second-order valence-corrected chi connectivity index (χ2v) is 10.8. The van der Waals surface area contributed by atoms with E-state index in [0.29, 0.717) is 37.7 Å². The van der Waals surface area contributed by atoms with Gasteiger partial charge in [-0.15, -0.1) is 0 Å². The van der Waals surface area contributed by atoms with Crippen molar-refractivity contribution in [2.75, 3.05) is 44.6 Å². The van der Waals surface area contributed by atoms with Crippen molar-refractivity contribution < 1.29 is 23.5 Å². The molecule has 1 saturated carbocycles. The molecule has 208 valence electrons. The number of nitrogens with one attached hydrogen (secondary N) is 2. The van der Waals surface area contributed by atoms with E-state index in [2.05, 4.69) is 10.6 Å². The molecule has 2 heterocycles. The molecule has 5 rings (SSSR count). The maximum Gasteiger partial charge on any atom is 0.254 e. The molecular weight excluding hydrogens is 499 g/mol. The summed E-state index contributed by atoms with van der Waals surface area (Å²) in [6, 6.07) is 9.68. The molecule has 2 saturated heterocycles. The molecular formula is C30H37FN4O4. The number of carbonyl (C=O) groups is 3. The minimum Gasteiger partial charge on any atom is -0.489 e. The van der Waals surface area contributed by atoms with Crippen LogP contribution in [0.25, 0.3) is 0 Å². The van der Waals surface area contributed by atoms with Crippen molar-refractivity contribution in [2.24, 2.45) is 0 Å². The van der Waals surface area contributed by atoms with E-state index in [1.54, 1.807) is 9.80 Å². The molecule has 9 heteroatoms. The van der Waals surface area contributed by atoms with Gasteiger partial charge < -0.3 is 25.2 Å². The van der Waals surface area contributed by atoms with E-state index >= 15 is 0 Å². The number of benzene rings is 2.